The fourth-order valence-electron chi connectivity index (χ4n) is 6.49. The van der Waals surface area contributed by atoms with Gasteiger partial charge in [-0.3, -0.25) is 4.79 Å². The number of hydrogen-bond donors (Lipinski definition) is 1. The summed E-state index contributed by atoms with van der Waals surface area (Å²) >= 11 is 5.95. The fourth-order valence-corrected chi connectivity index (χ4v) is 6.60. The second-order valence-corrected chi connectivity index (χ2v) is 12.7. The van der Waals surface area contributed by atoms with E-state index in [0.29, 0.717) is 60.2 Å². The number of ether oxygens (including phenoxy) is 1. The van der Waals surface area contributed by atoms with Crippen molar-refractivity contribution in [1.29, 1.82) is 0 Å². The number of hydrogen-bond acceptors (Lipinski definition) is 6. The van der Waals surface area contributed by atoms with Gasteiger partial charge >= 0.3 is 5.97 Å². The highest BCUT2D eigenvalue weighted by Crippen LogP contribution is 2.34. The third kappa shape index (κ3) is 5.52. The van der Waals surface area contributed by atoms with E-state index in [1.54, 1.807) is 38.1 Å². The molecule has 11 heteroatoms. The van der Waals surface area contributed by atoms with E-state index in [9.17, 15) is 19.1 Å². The number of piperazine rings is 1. The largest absolute Gasteiger partial charge is 0.478 e. The highest BCUT2D eigenvalue weighted by molar-refractivity contribution is 6.30. The van der Waals surface area contributed by atoms with E-state index in [1.165, 1.54) is 6.07 Å². The predicted molar refractivity (Wildman–Crippen MR) is 167 cm³/mol. The monoisotopic (exact) mass is 619 g/mol. The molecule has 1 amide bonds. The SMILES string of the molecule is Cc1cc(N2CCN(C(=O)c3ccc4c(-c5ccc(Cl)c(F)c5)cn(C[C@H]5CCCO5)c4n3)C(C)(C)C2)nc(C)c1C(=O)O. The molecule has 0 unspecified atom stereocenters. The normalized spacial score (nSPS) is 18.3. The van der Waals surface area contributed by atoms with Crippen LogP contribution >= 0.6 is 11.6 Å². The van der Waals surface area contributed by atoms with Crippen LogP contribution in [0.25, 0.3) is 22.2 Å². The van der Waals surface area contributed by atoms with Crippen LogP contribution in [0.1, 0.15) is 58.8 Å². The molecule has 1 atom stereocenters. The Morgan fingerprint density at radius 1 is 1.14 bits per heavy atom. The molecule has 0 spiro atoms. The summed E-state index contributed by atoms with van der Waals surface area (Å²) in [7, 11) is 0. The highest BCUT2D eigenvalue weighted by Gasteiger charge is 2.38. The molecule has 5 heterocycles. The van der Waals surface area contributed by atoms with E-state index < -0.39 is 17.3 Å². The average Bonchev–Trinajstić information content (AvgIpc) is 3.61. The van der Waals surface area contributed by atoms with Crippen molar-refractivity contribution in [2.45, 2.75) is 58.7 Å². The van der Waals surface area contributed by atoms with Crippen molar-refractivity contribution in [3.63, 3.8) is 0 Å². The van der Waals surface area contributed by atoms with Crippen molar-refractivity contribution in [2.24, 2.45) is 0 Å². The summed E-state index contributed by atoms with van der Waals surface area (Å²) in [5.74, 6) is -0.970. The number of aromatic nitrogens is 3. The minimum Gasteiger partial charge on any atom is -0.478 e. The number of rotatable bonds is 6. The molecular weight excluding hydrogens is 585 g/mol. The first kappa shape index (κ1) is 30.0. The summed E-state index contributed by atoms with van der Waals surface area (Å²) in [4.78, 5) is 39.1. The first-order chi connectivity index (χ1) is 20.9. The molecule has 44 heavy (non-hydrogen) atoms. The molecular formula is C33H35ClFN5O4. The Morgan fingerprint density at radius 3 is 2.59 bits per heavy atom. The highest BCUT2D eigenvalue weighted by atomic mass is 35.5. The summed E-state index contributed by atoms with van der Waals surface area (Å²) in [6.45, 7) is 10.3. The number of nitrogens with zero attached hydrogens (tertiary/aromatic N) is 5. The fraction of sp³-hybridized carbons (Fsp3) is 0.394. The number of carbonyl (C=O) groups excluding carboxylic acids is 1. The van der Waals surface area contributed by atoms with E-state index in [-0.39, 0.29) is 22.6 Å². The van der Waals surface area contributed by atoms with E-state index in [0.717, 1.165) is 30.4 Å². The molecule has 1 N–H and O–H groups in total. The summed E-state index contributed by atoms with van der Waals surface area (Å²) in [6, 6.07) is 10.2. The number of carbonyl (C=O) groups is 2. The van der Waals surface area contributed by atoms with Gasteiger partial charge in [-0.1, -0.05) is 17.7 Å². The van der Waals surface area contributed by atoms with Crippen LogP contribution in [0.2, 0.25) is 5.02 Å². The Balaban J connectivity index is 1.30. The Bertz CT molecular complexity index is 1760. The number of aryl methyl sites for hydroxylation is 2. The Kier molecular flexibility index (Phi) is 7.83. The average molecular weight is 620 g/mol. The summed E-state index contributed by atoms with van der Waals surface area (Å²) in [5.41, 5.74) is 3.23. The lowest BCUT2D eigenvalue weighted by molar-refractivity contribution is 0.0507. The Labute approximate surface area is 260 Å². The molecule has 1 aromatic carbocycles. The van der Waals surface area contributed by atoms with E-state index in [1.807, 2.05) is 35.6 Å². The summed E-state index contributed by atoms with van der Waals surface area (Å²) in [5, 5.41) is 10.4. The molecule has 2 aliphatic rings. The minimum absolute atomic E-state index is 0.0408. The first-order valence-electron chi connectivity index (χ1n) is 14.8. The zero-order valence-electron chi connectivity index (χ0n) is 25.2. The third-order valence-corrected chi connectivity index (χ3v) is 8.97. The smallest absolute Gasteiger partial charge is 0.337 e. The lowest BCUT2D eigenvalue weighted by Crippen LogP contribution is -2.61. The molecule has 3 aromatic heterocycles. The molecule has 6 rings (SSSR count). The molecule has 0 bridgehead atoms. The Hall–Kier alpha value is -4.02. The second-order valence-electron chi connectivity index (χ2n) is 12.3. The van der Waals surface area contributed by atoms with Crippen molar-refractivity contribution in [3.05, 3.63) is 75.9 Å². The third-order valence-electron chi connectivity index (χ3n) is 8.67. The number of benzene rings is 1. The van der Waals surface area contributed by atoms with E-state index in [4.69, 9.17) is 21.3 Å². The van der Waals surface area contributed by atoms with Gasteiger partial charge in [0.1, 0.15) is 23.0 Å². The van der Waals surface area contributed by atoms with Gasteiger partial charge in [-0.2, -0.15) is 0 Å². The number of fused-ring (bicyclic) bond motifs is 1. The predicted octanol–water partition coefficient (Wildman–Crippen LogP) is 6.13. The van der Waals surface area contributed by atoms with Crippen molar-refractivity contribution in [2.75, 3.05) is 31.1 Å². The minimum atomic E-state index is -0.992. The van der Waals surface area contributed by atoms with Crippen molar-refractivity contribution < 1.29 is 23.8 Å². The topological polar surface area (TPSA) is 101 Å². The molecule has 230 valence electrons. The number of carboxylic acids is 1. The van der Waals surface area contributed by atoms with Crippen LogP contribution in [0.3, 0.4) is 0 Å². The maximum Gasteiger partial charge on any atom is 0.337 e. The summed E-state index contributed by atoms with van der Waals surface area (Å²) in [6.07, 6.45) is 3.93. The zero-order chi connectivity index (χ0) is 31.3. The van der Waals surface area contributed by atoms with Gasteiger partial charge in [0.2, 0.25) is 0 Å². The molecule has 0 radical (unpaired) electrons. The van der Waals surface area contributed by atoms with E-state index >= 15 is 0 Å². The van der Waals surface area contributed by atoms with Crippen LogP contribution in [0, 0.1) is 19.7 Å². The van der Waals surface area contributed by atoms with Crippen LogP contribution in [0.4, 0.5) is 10.2 Å². The number of carboxylic acid groups (broad SMARTS) is 1. The first-order valence-corrected chi connectivity index (χ1v) is 15.2. The number of pyridine rings is 2. The van der Waals surface area contributed by atoms with Crippen LogP contribution in [0.5, 0.6) is 0 Å². The van der Waals surface area contributed by atoms with E-state index in [2.05, 4.69) is 9.88 Å². The standard InChI is InChI=1S/C33H35ClFN5O4/c1-19-14-28(36-20(2)29(19)32(42)43)38-11-12-40(33(3,4)18-38)31(41)27-10-8-23-24(21-7-9-25(34)26(35)15-21)17-39(30(23)37-27)16-22-6-5-13-44-22/h7-10,14-15,17,22H,5-6,11-13,16,18H2,1-4H3,(H,42,43)/t22-/m1/s1. The van der Waals surface area contributed by atoms with Crippen LogP contribution in [-0.4, -0.2) is 74.3 Å². The maximum absolute atomic E-state index is 14.4. The summed E-state index contributed by atoms with van der Waals surface area (Å²) < 4.78 is 22.3. The van der Waals surface area contributed by atoms with Gasteiger partial charge in [0.25, 0.3) is 5.91 Å². The van der Waals surface area contributed by atoms with Crippen molar-refractivity contribution >= 4 is 40.3 Å². The lowest BCUT2D eigenvalue weighted by Gasteiger charge is -2.47. The lowest BCUT2D eigenvalue weighted by atomic mass is 9.97. The quantitative estimate of drug-likeness (QED) is 0.277. The van der Waals surface area contributed by atoms with Crippen LogP contribution in [-0.2, 0) is 11.3 Å². The van der Waals surface area contributed by atoms with Gasteiger partial charge < -0.3 is 24.2 Å². The molecule has 2 aliphatic heterocycles. The molecule has 0 saturated carbocycles. The molecule has 4 aromatic rings. The molecule has 0 aliphatic carbocycles. The van der Waals surface area contributed by atoms with Gasteiger partial charge in [-0.15, -0.1) is 0 Å². The van der Waals surface area contributed by atoms with Gasteiger partial charge in [0.15, 0.2) is 0 Å². The number of amides is 1. The van der Waals surface area contributed by atoms with Crippen LogP contribution in [0.15, 0.2) is 42.6 Å². The van der Waals surface area contributed by atoms with Gasteiger partial charge in [0.05, 0.1) is 34.5 Å². The van der Waals surface area contributed by atoms with Gasteiger partial charge in [-0.05, 0) is 82.0 Å². The van der Waals surface area contributed by atoms with Gasteiger partial charge in [0, 0.05) is 43.4 Å². The maximum atomic E-state index is 14.4. The number of aromatic carboxylic acids is 1. The van der Waals surface area contributed by atoms with Gasteiger partial charge in [-0.25, -0.2) is 19.2 Å². The number of halogens is 2. The second kappa shape index (κ2) is 11.5. The van der Waals surface area contributed by atoms with Crippen molar-refractivity contribution in [1.82, 2.24) is 19.4 Å². The molecule has 2 saturated heterocycles. The molecule has 9 nitrogen and oxygen atoms in total. The molecule has 2 fully saturated rings. The zero-order valence-corrected chi connectivity index (χ0v) is 26.0. The number of anilines is 1. The van der Waals surface area contributed by atoms with Crippen LogP contribution < -0.4 is 4.90 Å². The Morgan fingerprint density at radius 2 is 1.93 bits per heavy atom. The van der Waals surface area contributed by atoms with Crippen molar-refractivity contribution in [3.8, 4) is 11.1 Å².